The van der Waals surface area contributed by atoms with Crippen LogP contribution in [-0.2, 0) is 21.2 Å². The summed E-state index contributed by atoms with van der Waals surface area (Å²) in [5.41, 5.74) is 0.890. The number of carbonyl (C=O) groups is 1. The fraction of sp³-hybridized carbons (Fsp3) is 0.368. The first-order chi connectivity index (χ1) is 13.0. The number of hydrogen-bond acceptors (Lipinski definition) is 4. The van der Waals surface area contributed by atoms with E-state index in [9.17, 15) is 13.2 Å². The van der Waals surface area contributed by atoms with Gasteiger partial charge in [-0.25, -0.2) is 8.42 Å². The third kappa shape index (κ3) is 4.94. The molecule has 0 spiro atoms. The number of benzene rings is 1. The molecule has 0 bridgehead atoms. The van der Waals surface area contributed by atoms with Crippen LogP contribution in [0.3, 0.4) is 0 Å². The summed E-state index contributed by atoms with van der Waals surface area (Å²) in [6, 6.07) is 11.5. The number of piperidine rings is 1. The van der Waals surface area contributed by atoms with E-state index in [1.807, 2.05) is 18.2 Å². The largest absolute Gasteiger partial charge is 0.354 e. The summed E-state index contributed by atoms with van der Waals surface area (Å²) < 4.78 is 28.2. The third-order valence-corrected chi connectivity index (χ3v) is 7.03. The van der Waals surface area contributed by atoms with Crippen LogP contribution in [0.2, 0.25) is 0 Å². The van der Waals surface area contributed by atoms with Gasteiger partial charge < -0.3 is 5.32 Å². The molecule has 0 saturated carbocycles. The summed E-state index contributed by atoms with van der Waals surface area (Å²) in [5, 5.41) is 2.87. The van der Waals surface area contributed by atoms with E-state index in [2.05, 4.69) is 26.2 Å². The summed E-state index contributed by atoms with van der Waals surface area (Å²) >= 11 is 3.31. The number of aromatic nitrogens is 1. The first-order valence-electron chi connectivity index (χ1n) is 8.93. The zero-order valence-corrected chi connectivity index (χ0v) is 17.2. The van der Waals surface area contributed by atoms with E-state index in [1.165, 1.54) is 4.31 Å². The van der Waals surface area contributed by atoms with Gasteiger partial charge in [-0.1, -0.05) is 28.4 Å². The molecule has 1 aromatic heterocycles. The number of nitrogens with one attached hydrogen (secondary N) is 1. The molecule has 1 fully saturated rings. The minimum absolute atomic E-state index is 0.207. The summed E-state index contributed by atoms with van der Waals surface area (Å²) in [6.07, 6.45) is 4.45. The molecule has 1 atom stereocenters. The van der Waals surface area contributed by atoms with E-state index in [0.29, 0.717) is 25.9 Å². The van der Waals surface area contributed by atoms with Crippen LogP contribution >= 0.6 is 15.9 Å². The zero-order chi connectivity index (χ0) is 19.3. The van der Waals surface area contributed by atoms with Gasteiger partial charge in [0.25, 0.3) is 0 Å². The highest BCUT2D eigenvalue weighted by molar-refractivity contribution is 9.10. The molecule has 3 rings (SSSR count). The van der Waals surface area contributed by atoms with Gasteiger partial charge in [0.15, 0.2) is 0 Å². The van der Waals surface area contributed by atoms with Crippen molar-refractivity contribution in [2.45, 2.75) is 36.6 Å². The molecule has 0 radical (unpaired) electrons. The molecular formula is C19H22BrN3O3S. The topological polar surface area (TPSA) is 79.4 Å². The molecule has 0 aliphatic carbocycles. The van der Waals surface area contributed by atoms with E-state index >= 15 is 0 Å². The van der Waals surface area contributed by atoms with Gasteiger partial charge >= 0.3 is 0 Å². The lowest BCUT2D eigenvalue weighted by Gasteiger charge is -2.33. The van der Waals surface area contributed by atoms with Crippen LogP contribution in [-0.4, -0.2) is 42.7 Å². The van der Waals surface area contributed by atoms with Crippen molar-refractivity contribution in [3.8, 4) is 0 Å². The van der Waals surface area contributed by atoms with E-state index in [1.54, 1.807) is 30.5 Å². The highest BCUT2D eigenvalue weighted by atomic mass is 79.9. The Morgan fingerprint density at radius 1 is 1.19 bits per heavy atom. The highest BCUT2D eigenvalue weighted by Gasteiger charge is 2.37. The number of rotatable bonds is 6. The van der Waals surface area contributed by atoms with Gasteiger partial charge in [-0.3, -0.25) is 9.78 Å². The van der Waals surface area contributed by atoms with E-state index in [4.69, 9.17) is 0 Å². The maximum atomic E-state index is 13.0. The third-order valence-electron chi connectivity index (χ3n) is 4.58. The number of pyridine rings is 1. The molecule has 144 valence electrons. The van der Waals surface area contributed by atoms with Gasteiger partial charge in [-0.2, -0.15) is 4.31 Å². The molecule has 27 heavy (non-hydrogen) atoms. The Balaban J connectivity index is 1.69. The predicted molar refractivity (Wildman–Crippen MR) is 107 cm³/mol. The van der Waals surface area contributed by atoms with Crippen LogP contribution in [0.4, 0.5) is 0 Å². The van der Waals surface area contributed by atoms with Crippen LogP contribution in [0.1, 0.15) is 25.0 Å². The Bertz CT molecular complexity index is 873. The van der Waals surface area contributed by atoms with Crippen molar-refractivity contribution in [2.24, 2.45) is 0 Å². The standard InChI is InChI=1S/C19H22BrN3O3S/c20-15-7-9-17(10-8-15)27(25,26)23-14-4-2-6-18(23)19(24)22-13-11-16-5-1-3-12-21-16/h1,3,5,7-10,12,18H,2,4,6,11,13-14H2,(H,22,24). The lowest BCUT2D eigenvalue weighted by atomic mass is 10.0. The maximum absolute atomic E-state index is 13.0. The van der Waals surface area contributed by atoms with Crippen molar-refractivity contribution in [1.29, 1.82) is 0 Å². The van der Waals surface area contributed by atoms with E-state index in [-0.39, 0.29) is 10.8 Å². The molecule has 1 amide bonds. The molecule has 6 nitrogen and oxygen atoms in total. The molecule has 2 aromatic rings. The Morgan fingerprint density at radius 3 is 2.67 bits per heavy atom. The second-order valence-electron chi connectivity index (χ2n) is 6.44. The predicted octanol–water partition coefficient (Wildman–Crippen LogP) is 2.75. The molecule has 1 N–H and O–H groups in total. The lowest BCUT2D eigenvalue weighted by Crippen LogP contribution is -2.52. The van der Waals surface area contributed by atoms with Gasteiger partial charge in [0, 0.05) is 35.9 Å². The normalized spacial score (nSPS) is 18.2. The smallest absolute Gasteiger partial charge is 0.243 e. The minimum Gasteiger partial charge on any atom is -0.354 e. The van der Waals surface area contributed by atoms with E-state index in [0.717, 1.165) is 23.0 Å². The van der Waals surface area contributed by atoms with Gasteiger partial charge in [-0.15, -0.1) is 0 Å². The Morgan fingerprint density at radius 2 is 1.96 bits per heavy atom. The summed E-state index contributed by atoms with van der Waals surface area (Å²) in [5.74, 6) is -0.244. The van der Waals surface area contributed by atoms with Crippen molar-refractivity contribution >= 4 is 31.9 Å². The molecule has 1 aliphatic rings. The summed E-state index contributed by atoms with van der Waals surface area (Å²) in [7, 11) is -3.71. The average molecular weight is 452 g/mol. The first-order valence-corrected chi connectivity index (χ1v) is 11.2. The van der Waals surface area contributed by atoms with Crippen LogP contribution in [0.5, 0.6) is 0 Å². The Labute approximate surface area is 168 Å². The van der Waals surface area contributed by atoms with Crippen LogP contribution in [0, 0.1) is 0 Å². The first kappa shape index (κ1) is 20.0. The van der Waals surface area contributed by atoms with Crippen molar-refractivity contribution in [3.05, 3.63) is 58.8 Å². The maximum Gasteiger partial charge on any atom is 0.243 e. The fourth-order valence-corrected chi connectivity index (χ4v) is 5.10. The molecule has 8 heteroatoms. The summed E-state index contributed by atoms with van der Waals surface area (Å²) in [6.45, 7) is 0.787. The van der Waals surface area contributed by atoms with Crippen molar-refractivity contribution in [3.63, 3.8) is 0 Å². The number of nitrogens with zero attached hydrogens (tertiary/aromatic N) is 2. The van der Waals surface area contributed by atoms with Crippen molar-refractivity contribution in [1.82, 2.24) is 14.6 Å². The van der Waals surface area contributed by atoms with E-state index < -0.39 is 16.1 Å². The Kier molecular flexibility index (Phi) is 6.62. The SMILES string of the molecule is O=C(NCCc1ccccn1)C1CCCCN1S(=O)(=O)c1ccc(Br)cc1. The highest BCUT2D eigenvalue weighted by Crippen LogP contribution is 2.26. The molecule has 1 unspecified atom stereocenters. The van der Waals surface area contributed by atoms with Gasteiger partial charge in [0.05, 0.1) is 4.90 Å². The number of sulfonamides is 1. The summed E-state index contributed by atoms with van der Waals surface area (Å²) in [4.78, 5) is 17.1. The van der Waals surface area contributed by atoms with Gasteiger partial charge in [-0.05, 0) is 49.2 Å². The lowest BCUT2D eigenvalue weighted by molar-refractivity contribution is -0.125. The molecular weight excluding hydrogens is 430 g/mol. The molecule has 1 aliphatic heterocycles. The number of hydrogen-bond donors (Lipinski definition) is 1. The van der Waals surface area contributed by atoms with Crippen LogP contribution < -0.4 is 5.32 Å². The van der Waals surface area contributed by atoms with Crippen LogP contribution in [0.15, 0.2) is 58.0 Å². The number of halogens is 1. The molecule has 1 saturated heterocycles. The number of amides is 1. The monoisotopic (exact) mass is 451 g/mol. The van der Waals surface area contributed by atoms with Crippen molar-refractivity contribution in [2.75, 3.05) is 13.1 Å². The second-order valence-corrected chi connectivity index (χ2v) is 9.25. The van der Waals surface area contributed by atoms with Crippen molar-refractivity contribution < 1.29 is 13.2 Å². The Hall–Kier alpha value is -1.77. The van der Waals surface area contributed by atoms with Gasteiger partial charge in [0.2, 0.25) is 15.9 Å². The second kappa shape index (κ2) is 8.95. The minimum atomic E-state index is -3.71. The quantitative estimate of drug-likeness (QED) is 0.731. The fourth-order valence-electron chi connectivity index (χ4n) is 3.17. The van der Waals surface area contributed by atoms with Crippen LogP contribution in [0.25, 0.3) is 0 Å². The average Bonchev–Trinajstić information content (AvgIpc) is 2.69. The van der Waals surface area contributed by atoms with Gasteiger partial charge in [0.1, 0.15) is 6.04 Å². The number of carbonyl (C=O) groups excluding carboxylic acids is 1. The molecule has 2 heterocycles. The molecule has 1 aromatic carbocycles. The zero-order valence-electron chi connectivity index (χ0n) is 14.8.